The number of pyridine rings is 1. The lowest BCUT2D eigenvalue weighted by Gasteiger charge is -2.21. The van der Waals surface area contributed by atoms with Gasteiger partial charge in [-0.2, -0.15) is 0 Å². The van der Waals surface area contributed by atoms with Gasteiger partial charge in [0, 0.05) is 18.8 Å². The van der Waals surface area contributed by atoms with Crippen molar-refractivity contribution in [1.29, 1.82) is 0 Å². The number of anilines is 1. The van der Waals surface area contributed by atoms with Gasteiger partial charge in [-0.1, -0.05) is 37.6 Å². The fourth-order valence-corrected chi connectivity index (χ4v) is 3.25. The van der Waals surface area contributed by atoms with E-state index in [0.29, 0.717) is 18.8 Å². The molecule has 144 valence electrons. The molecule has 2 aromatic rings. The number of amides is 2. The van der Waals surface area contributed by atoms with E-state index in [1.54, 1.807) is 23.1 Å². The zero-order chi connectivity index (χ0) is 20.0. The van der Waals surface area contributed by atoms with Crippen molar-refractivity contribution in [3.8, 4) is 0 Å². The molecular formula is C22H29N3O2. The van der Waals surface area contributed by atoms with E-state index in [2.05, 4.69) is 10.3 Å². The van der Waals surface area contributed by atoms with Crippen LogP contribution in [0, 0.1) is 20.8 Å². The van der Waals surface area contributed by atoms with Crippen molar-refractivity contribution in [2.45, 2.75) is 47.5 Å². The molecule has 0 fully saturated rings. The molecule has 0 atom stereocenters. The van der Waals surface area contributed by atoms with Gasteiger partial charge < -0.3 is 10.2 Å². The summed E-state index contributed by atoms with van der Waals surface area (Å²) in [6.07, 6.45) is 1.77. The van der Waals surface area contributed by atoms with Crippen LogP contribution >= 0.6 is 0 Å². The Labute approximate surface area is 161 Å². The van der Waals surface area contributed by atoms with Crippen LogP contribution in [0.25, 0.3) is 0 Å². The van der Waals surface area contributed by atoms with E-state index in [1.165, 1.54) is 0 Å². The summed E-state index contributed by atoms with van der Waals surface area (Å²) in [5.41, 5.74) is 4.51. The SMILES string of the molecule is CCCN(CCC)C(=O)c1cccc(C(=O)Nc2c(C)cc(C)cc2C)n1. The molecule has 5 nitrogen and oxygen atoms in total. The molecule has 0 aliphatic heterocycles. The van der Waals surface area contributed by atoms with Crippen LogP contribution in [0.2, 0.25) is 0 Å². The Kier molecular flexibility index (Phi) is 7.11. The quantitative estimate of drug-likeness (QED) is 0.782. The molecule has 0 radical (unpaired) electrons. The Morgan fingerprint density at radius 1 is 0.963 bits per heavy atom. The lowest BCUT2D eigenvalue weighted by molar-refractivity contribution is 0.0749. The van der Waals surface area contributed by atoms with Gasteiger partial charge in [-0.15, -0.1) is 0 Å². The summed E-state index contributed by atoms with van der Waals surface area (Å²) >= 11 is 0. The number of nitrogens with zero attached hydrogens (tertiary/aromatic N) is 2. The highest BCUT2D eigenvalue weighted by Gasteiger charge is 2.18. The third-order valence-corrected chi connectivity index (χ3v) is 4.39. The van der Waals surface area contributed by atoms with Gasteiger partial charge in [-0.05, 0) is 56.9 Å². The summed E-state index contributed by atoms with van der Waals surface area (Å²) in [5, 5.41) is 2.94. The van der Waals surface area contributed by atoms with Crippen molar-refractivity contribution in [1.82, 2.24) is 9.88 Å². The molecule has 2 amide bonds. The van der Waals surface area contributed by atoms with E-state index in [4.69, 9.17) is 0 Å². The number of carbonyl (C=O) groups excluding carboxylic acids is 2. The Hall–Kier alpha value is -2.69. The lowest BCUT2D eigenvalue weighted by atomic mass is 10.0. The second-order valence-corrected chi connectivity index (χ2v) is 6.93. The van der Waals surface area contributed by atoms with E-state index in [9.17, 15) is 9.59 Å². The molecule has 1 aromatic carbocycles. The van der Waals surface area contributed by atoms with Gasteiger partial charge >= 0.3 is 0 Å². The van der Waals surface area contributed by atoms with Crippen molar-refractivity contribution < 1.29 is 9.59 Å². The van der Waals surface area contributed by atoms with Gasteiger partial charge in [0.1, 0.15) is 11.4 Å². The van der Waals surface area contributed by atoms with Crippen LogP contribution in [0.3, 0.4) is 0 Å². The first-order valence-corrected chi connectivity index (χ1v) is 9.52. The molecule has 0 saturated heterocycles. The van der Waals surface area contributed by atoms with Crippen LogP contribution in [0.1, 0.15) is 64.4 Å². The maximum Gasteiger partial charge on any atom is 0.274 e. The average Bonchev–Trinajstić information content (AvgIpc) is 2.63. The summed E-state index contributed by atoms with van der Waals surface area (Å²) in [5.74, 6) is -0.437. The van der Waals surface area contributed by atoms with Gasteiger partial charge in [0.05, 0.1) is 0 Å². The number of hydrogen-bond donors (Lipinski definition) is 1. The van der Waals surface area contributed by atoms with Gasteiger partial charge in [0.15, 0.2) is 0 Å². The van der Waals surface area contributed by atoms with Crippen molar-refractivity contribution >= 4 is 17.5 Å². The summed E-state index contributed by atoms with van der Waals surface area (Å²) in [7, 11) is 0. The molecule has 0 unspecified atom stereocenters. The zero-order valence-corrected chi connectivity index (χ0v) is 16.9. The van der Waals surface area contributed by atoms with Crippen molar-refractivity contribution in [3.63, 3.8) is 0 Å². The van der Waals surface area contributed by atoms with Gasteiger partial charge in [0.2, 0.25) is 0 Å². The maximum absolute atomic E-state index is 12.7. The Balaban J connectivity index is 2.24. The minimum atomic E-state index is -0.308. The molecule has 0 aliphatic carbocycles. The van der Waals surface area contributed by atoms with Gasteiger partial charge in [-0.3, -0.25) is 9.59 Å². The second kappa shape index (κ2) is 9.31. The molecule has 1 heterocycles. The minimum Gasteiger partial charge on any atom is -0.337 e. The maximum atomic E-state index is 12.7. The largest absolute Gasteiger partial charge is 0.337 e. The number of aromatic nitrogens is 1. The number of carbonyl (C=O) groups is 2. The molecule has 0 spiro atoms. The highest BCUT2D eigenvalue weighted by atomic mass is 16.2. The number of rotatable bonds is 7. The molecule has 27 heavy (non-hydrogen) atoms. The minimum absolute atomic E-state index is 0.129. The first-order valence-electron chi connectivity index (χ1n) is 9.52. The molecule has 0 saturated carbocycles. The normalized spacial score (nSPS) is 10.6. The molecule has 0 aliphatic rings. The number of hydrogen-bond acceptors (Lipinski definition) is 3. The predicted octanol–water partition coefficient (Wildman–Crippen LogP) is 4.52. The molecule has 0 bridgehead atoms. The van der Waals surface area contributed by atoms with E-state index in [0.717, 1.165) is 35.2 Å². The number of aryl methyl sites for hydroxylation is 3. The predicted molar refractivity (Wildman–Crippen MR) is 109 cm³/mol. The van der Waals surface area contributed by atoms with Crippen LogP contribution in [-0.2, 0) is 0 Å². The second-order valence-electron chi connectivity index (χ2n) is 6.93. The molecule has 1 N–H and O–H groups in total. The Bertz CT molecular complexity index is 801. The average molecular weight is 367 g/mol. The van der Waals surface area contributed by atoms with E-state index in [-0.39, 0.29) is 17.5 Å². The standard InChI is InChI=1S/C22H29N3O2/c1-6-11-25(12-7-2)22(27)19-10-8-9-18(23-19)21(26)24-20-16(4)13-15(3)14-17(20)5/h8-10,13-14H,6-7,11-12H2,1-5H3,(H,24,26). The van der Waals surface area contributed by atoms with Crippen molar-refractivity contribution in [2.24, 2.45) is 0 Å². The molecule has 1 aromatic heterocycles. The van der Waals surface area contributed by atoms with Crippen LogP contribution in [0.5, 0.6) is 0 Å². The summed E-state index contributed by atoms with van der Waals surface area (Å²) in [6.45, 7) is 11.4. The summed E-state index contributed by atoms with van der Waals surface area (Å²) in [6, 6.07) is 9.07. The van der Waals surface area contributed by atoms with Crippen LogP contribution in [0.4, 0.5) is 5.69 Å². The third kappa shape index (κ3) is 5.16. The van der Waals surface area contributed by atoms with Crippen LogP contribution in [0.15, 0.2) is 30.3 Å². The first-order chi connectivity index (χ1) is 12.9. The van der Waals surface area contributed by atoms with Crippen molar-refractivity contribution in [3.05, 3.63) is 58.4 Å². The topological polar surface area (TPSA) is 62.3 Å². The summed E-state index contributed by atoms with van der Waals surface area (Å²) < 4.78 is 0. The molecule has 2 rings (SSSR count). The third-order valence-electron chi connectivity index (χ3n) is 4.39. The van der Waals surface area contributed by atoms with Crippen molar-refractivity contribution in [2.75, 3.05) is 18.4 Å². The highest BCUT2D eigenvalue weighted by molar-refractivity contribution is 6.04. The van der Waals surface area contributed by atoms with Gasteiger partial charge in [0.25, 0.3) is 11.8 Å². The number of benzene rings is 1. The molecule has 5 heteroatoms. The van der Waals surface area contributed by atoms with Crippen LogP contribution in [-0.4, -0.2) is 34.8 Å². The zero-order valence-electron chi connectivity index (χ0n) is 16.9. The molecular weight excluding hydrogens is 338 g/mol. The Morgan fingerprint density at radius 2 is 1.52 bits per heavy atom. The smallest absolute Gasteiger partial charge is 0.274 e. The summed E-state index contributed by atoms with van der Waals surface area (Å²) in [4.78, 5) is 31.6. The fourth-order valence-electron chi connectivity index (χ4n) is 3.25. The van der Waals surface area contributed by atoms with E-state index < -0.39 is 0 Å². The fraction of sp³-hybridized carbons (Fsp3) is 0.409. The van der Waals surface area contributed by atoms with Gasteiger partial charge in [-0.25, -0.2) is 4.98 Å². The monoisotopic (exact) mass is 367 g/mol. The van der Waals surface area contributed by atoms with E-state index in [1.807, 2.05) is 46.8 Å². The lowest BCUT2D eigenvalue weighted by Crippen LogP contribution is -2.33. The number of nitrogens with one attached hydrogen (secondary N) is 1. The first kappa shape index (κ1) is 20.6. The highest BCUT2D eigenvalue weighted by Crippen LogP contribution is 2.22. The Morgan fingerprint density at radius 3 is 2.07 bits per heavy atom. The van der Waals surface area contributed by atoms with Crippen LogP contribution < -0.4 is 5.32 Å². The van der Waals surface area contributed by atoms with E-state index >= 15 is 0 Å².